The van der Waals surface area contributed by atoms with Crippen LogP contribution in [-0.4, -0.2) is 39.4 Å². The van der Waals surface area contributed by atoms with Crippen molar-refractivity contribution in [1.29, 1.82) is 0 Å². The number of nitrogens with one attached hydrogen (secondary N) is 1. The van der Waals surface area contributed by atoms with Crippen LogP contribution in [0.25, 0.3) is 0 Å². The van der Waals surface area contributed by atoms with E-state index >= 15 is 0 Å². The molecule has 162 valence electrons. The Morgan fingerprint density at radius 1 is 1.03 bits per heavy atom. The van der Waals surface area contributed by atoms with Gasteiger partial charge in [-0.2, -0.15) is 0 Å². The lowest BCUT2D eigenvalue weighted by Crippen LogP contribution is -2.59. The molecule has 0 unspecified atom stereocenters. The number of nitrogens with zero attached hydrogens (tertiary/aromatic N) is 2. The molecule has 0 aliphatic rings. The average molecular weight is 427 g/mol. The molecule has 0 bridgehead atoms. The normalized spacial score (nSPS) is 12.8. The number of esters is 1. The summed E-state index contributed by atoms with van der Waals surface area (Å²) >= 11 is 0. The fourth-order valence-electron chi connectivity index (χ4n) is 3.71. The summed E-state index contributed by atoms with van der Waals surface area (Å²) in [5.41, 5.74) is -0.643. The summed E-state index contributed by atoms with van der Waals surface area (Å²) in [5.74, 6) is -2.25. The Kier molecular flexibility index (Phi) is 6.79. The largest absolute Gasteiger partial charge is 0.467 e. The van der Waals surface area contributed by atoms with Gasteiger partial charge in [0, 0.05) is 43.8 Å². The van der Waals surface area contributed by atoms with Crippen molar-refractivity contribution >= 4 is 11.9 Å². The van der Waals surface area contributed by atoms with Gasteiger partial charge in [-0.25, -0.2) is 18.6 Å². The molecule has 31 heavy (non-hydrogen) atoms. The molecule has 3 rings (SSSR count). The minimum atomic E-state index is -1.64. The highest BCUT2D eigenvalue weighted by Crippen LogP contribution is 2.30. The lowest BCUT2D eigenvalue weighted by molar-refractivity contribution is -0.162. The molecule has 2 aromatic carbocycles. The Labute approximate surface area is 178 Å². The van der Waals surface area contributed by atoms with Gasteiger partial charge in [0.15, 0.2) is 5.54 Å². The van der Waals surface area contributed by atoms with Crippen LogP contribution in [0.2, 0.25) is 0 Å². The number of hydrogen-bond acceptors (Lipinski definition) is 4. The molecule has 8 heteroatoms. The van der Waals surface area contributed by atoms with Crippen molar-refractivity contribution < 1.29 is 23.1 Å². The number of halogens is 2. The number of hydrogen-bond donors (Lipinski definition) is 1. The number of amides is 1. The Morgan fingerprint density at radius 3 is 2.16 bits per heavy atom. The summed E-state index contributed by atoms with van der Waals surface area (Å²) in [6.07, 6.45) is 2.76. The second kappa shape index (κ2) is 9.51. The molecule has 0 saturated carbocycles. The number of carbonyl (C=O) groups is 2. The Balaban J connectivity index is 2.16. The molecule has 0 aliphatic carbocycles. The van der Waals surface area contributed by atoms with Gasteiger partial charge in [-0.1, -0.05) is 36.4 Å². The van der Waals surface area contributed by atoms with E-state index in [4.69, 9.17) is 4.74 Å². The maximum absolute atomic E-state index is 14.6. The summed E-state index contributed by atoms with van der Waals surface area (Å²) in [6, 6.07) is 12.0. The summed E-state index contributed by atoms with van der Waals surface area (Å²) < 4.78 is 34.1. The zero-order chi connectivity index (χ0) is 22.4. The third-order valence-electron chi connectivity index (χ3n) is 5.23. The molecule has 1 atom stereocenters. The van der Waals surface area contributed by atoms with Gasteiger partial charge in [0.2, 0.25) is 5.91 Å². The second-order valence-electron chi connectivity index (χ2n) is 7.24. The number of aromatic nitrogens is 2. The molecule has 0 spiro atoms. The minimum absolute atomic E-state index is 0.0258. The number of H-pyrrole nitrogens is 1. The van der Waals surface area contributed by atoms with Crippen LogP contribution in [0.5, 0.6) is 0 Å². The first-order valence-corrected chi connectivity index (χ1v) is 9.68. The van der Waals surface area contributed by atoms with E-state index in [9.17, 15) is 18.4 Å². The molecule has 1 aromatic heterocycles. The summed E-state index contributed by atoms with van der Waals surface area (Å²) in [4.78, 5) is 34.2. The molecule has 0 radical (unpaired) electrons. The monoisotopic (exact) mass is 427 g/mol. The lowest BCUT2D eigenvalue weighted by atomic mass is 9.83. The van der Waals surface area contributed by atoms with Gasteiger partial charge in [-0.3, -0.25) is 4.79 Å². The van der Waals surface area contributed by atoms with Gasteiger partial charge < -0.3 is 14.6 Å². The molecule has 0 aliphatic heterocycles. The van der Waals surface area contributed by atoms with Crippen LogP contribution in [0, 0.1) is 11.6 Å². The Bertz CT molecular complexity index is 1060. The number of aromatic amines is 1. The van der Waals surface area contributed by atoms with Crippen molar-refractivity contribution in [3.8, 4) is 0 Å². The summed E-state index contributed by atoms with van der Waals surface area (Å²) in [7, 11) is 1.20. The summed E-state index contributed by atoms with van der Waals surface area (Å²) in [5, 5.41) is 0. The number of imidazole rings is 1. The molecule has 0 saturated heterocycles. The minimum Gasteiger partial charge on any atom is -0.467 e. The van der Waals surface area contributed by atoms with E-state index in [0.29, 0.717) is 5.69 Å². The maximum Gasteiger partial charge on any atom is 0.332 e. The number of rotatable bonds is 8. The van der Waals surface area contributed by atoms with Crippen LogP contribution in [0.4, 0.5) is 8.78 Å². The van der Waals surface area contributed by atoms with Gasteiger partial charge in [0.25, 0.3) is 0 Å². The fourth-order valence-corrected chi connectivity index (χ4v) is 3.71. The lowest BCUT2D eigenvalue weighted by Gasteiger charge is -2.41. The predicted octanol–water partition coefficient (Wildman–Crippen LogP) is 3.43. The maximum atomic E-state index is 14.6. The van der Waals surface area contributed by atoms with Crippen LogP contribution in [0.1, 0.15) is 23.7 Å². The SMILES string of the molecule is COC(=O)[C@@](Cc1cnc[nH]1)(Cc1ccccc1F)N(Cc1ccccc1F)C(C)=O. The number of methoxy groups -OCH3 is 1. The average Bonchev–Trinajstić information content (AvgIpc) is 3.26. The smallest absolute Gasteiger partial charge is 0.332 e. The molecule has 1 heterocycles. The first-order chi connectivity index (χ1) is 14.9. The number of carbonyl (C=O) groups excluding carboxylic acids is 2. The van der Waals surface area contributed by atoms with Crippen molar-refractivity contribution in [2.24, 2.45) is 0 Å². The number of ether oxygens (including phenoxy) is 1. The molecule has 6 nitrogen and oxygen atoms in total. The standard InChI is InChI=1S/C23H23F2N3O3/c1-16(29)28(14-18-8-4-6-10-21(18)25)23(22(30)31-2,12-19-13-26-15-27-19)11-17-7-3-5-9-20(17)24/h3-10,13,15H,11-12,14H2,1-2H3,(H,26,27)/t23-/m0/s1. The van der Waals surface area contributed by atoms with Gasteiger partial charge in [-0.15, -0.1) is 0 Å². The topological polar surface area (TPSA) is 75.3 Å². The molecule has 0 fully saturated rings. The summed E-state index contributed by atoms with van der Waals surface area (Å²) in [6.45, 7) is 1.09. The van der Waals surface area contributed by atoms with E-state index in [1.165, 1.54) is 61.8 Å². The third kappa shape index (κ3) is 4.79. The highest BCUT2D eigenvalue weighted by molar-refractivity contribution is 5.88. The number of benzene rings is 2. The van der Waals surface area contributed by atoms with Crippen molar-refractivity contribution in [3.05, 3.63) is 89.5 Å². The molecule has 1 N–H and O–H groups in total. The van der Waals surface area contributed by atoms with Crippen LogP contribution < -0.4 is 0 Å². The Morgan fingerprint density at radius 2 is 1.65 bits per heavy atom. The Hall–Kier alpha value is -3.55. The zero-order valence-electron chi connectivity index (χ0n) is 17.3. The van der Waals surface area contributed by atoms with E-state index in [1.807, 2.05) is 0 Å². The van der Waals surface area contributed by atoms with Crippen molar-refractivity contribution in [3.63, 3.8) is 0 Å². The van der Waals surface area contributed by atoms with E-state index in [2.05, 4.69) is 9.97 Å². The highest BCUT2D eigenvalue weighted by Gasteiger charge is 2.48. The second-order valence-corrected chi connectivity index (χ2v) is 7.24. The van der Waals surface area contributed by atoms with E-state index in [1.54, 1.807) is 18.2 Å². The molecule has 1 amide bonds. The highest BCUT2D eigenvalue weighted by atomic mass is 19.1. The van der Waals surface area contributed by atoms with Crippen LogP contribution >= 0.6 is 0 Å². The molecule has 3 aromatic rings. The molecular weight excluding hydrogens is 404 g/mol. The van der Waals surface area contributed by atoms with E-state index in [-0.39, 0.29) is 30.5 Å². The van der Waals surface area contributed by atoms with Gasteiger partial charge in [0.05, 0.1) is 13.4 Å². The van der Waals surface area contributed by atoms with Gasteiger partial charge >= 0.3 is 5.97 Å². The van der Waals surface area contributed by atoms with Gasteiger partial charge in [0.1, 0.15) is 11.6 Å². The van der Waals surface area contributed by atoms with Crippen LogP contribution in [0.15, 0.2) is 61.1 Å². The van der Waals surface area contributed by atoms with Crippen molar-refractivity contribution in [1.82, 2.24) is 14.9 Å². The fraction of sp³-hybridized carbons (Fsp3) is 0.261. The van der Waals surface area contributed by atoms with E-state index in [0.717, 1.165) is 0 Å². The van der Waals surface area contributed by atoms with Crippen molar-refractivity contribution in [2.75, 3.05) is 7.11 Å². The van der Waals surface area contributed by atoms with Gasteiger partial charge in [-0.05, 0) is 17.7 Å². The first-order valence-electron chi connectivity index (χ1n) is 9.68. The molecular formula is C23H23F2N3O3. The quantitative estimate of drug-likeness (QED) is 0.559. The van der Waals surface area contributed by atoms with Crippen LogP contribution in [0.3, 0.4) is 0 Å². The van der Waals surface area contributed by atoms with Crippen molar-refractivity contribution in [2.45, 2.75) is 31.8 Å². The van der Waals surface area contributed by atoms with E-state index < -0.39 is 29.0 Å². The predicted molar refractivity (Wildman–Crippen MR) is 110 cm³/mol. The first kappa shape index (κ1) is 22.1. The zero-order valence-corrected chi connectivity index (χ0v) is 17.3. The third-order valence-corrected chi connectivity index (χ3v) is 5.23. The van der Waals surface area contributed by atoms with Crippen LogP contribution in [-0.2, 0) is 33.7 Å².